The van der Waals surface area contributed by atoms with Crippen molar-refractivity contribution >= 4 is 17.8 Å². The van der Waals surface area contributed by atoms with E-state index in [1.54, 1.807) is 6.20 Å². The van der Waals surface area contributed by atoms with Crippen LogP contribution in [-0.2, 0) is 11.3 Å². The first kappa shape index (κ1) is 14.6. The molecule has 7 heteroatoms. The molecule has 2 saturated heterocycles. The van der Waals surface area contributed by atoms with E-state index in [4.69, 9.17) is 0 Å². The lowest BCUT2D eigenvalue weighted by molar-refractivity contribution is -0.122. The molecule has 0 spiro atoms. The minimum atomic E-state index is -0.498. The van der Waals surface area contributed by atoms with E-state index in [1.807, 2.05) is 12.1 Å². The van der Waals surface area contributed by atoms with E-state index < -0.39 is 6.04 Å². The van der Waals surface area contributed by atoms with Crippen molar-refractivity contribution in [2.75, 3.05) is 24.5 Å². The Morgan fingerprint density at radius 1 is 1.36 bits per heavy atom. The number of urea groups is 1. The van der Waals surface area contributed by atoms with Crippen LogP contribution >= 0.6 is 0 Å². The molecular formula is C15H21N5O2. The molecule has 0 aromatic carbocycles. The monoisotopic (exact) mass is 303 g/mol. The van der Waals surface area contributed by atoms with Crippen molar-refractivity contribution in [1.82, 2.24) is 20.9 Å². The van der Waals surface area contributed by atoms with Gasteiger partial charge in [0.1, 0.15) is 11.9 Å². The normalized spacial score (nSPS) is 21.2. The molecule has 2 fully saturated rings. The number of aromatic nitrogens is 1. The van der Waals surface area contributed by atoms with E-state index in [-0.39, 0.29) is 11.9 Å². The lowest BCUT2D eigenvalue weighted by Crippen LogP contribution is -2.42. The number of carbonyl (C=O) groups is 2. The summed E-state index contributed by atoms with van der Waals surface area (Å²) in [4.78, 5) is 29.9. The minimum Gasteiger partial charge on any atom is -0.356 e. The second-order valence-electron chi connectivity index (χ2n) is 5.66. The van der Waals surface area contributed by atoms with Crippen molar-refractivity contribution in [3.8, 4) is 0 Å². The smallest absolute Gasteiger partial charge is 0.315 e. The van der Waals surface area contributed by atoms with Gasteiger partial charge in [-0.2, -0.15) is 0 Å². The van der Waals surface area contributed by atoms with E-state index in [0.29, 0.717) is 13.1 Å². The Morgan fingerprint density at radius 3 is 2.91 bits per heavy atom. The summed E-state index contributed by atoms with van der Waals surface area (Å²) in [6, 6.07) is 3.08. The molecular weight excluding hydrogens is 282 g/mol. The number of piperidine rings is 1. The number of hydrogen-bond donors (Lipinski definition) is 3. The van der Waals surface area contributed by atoms with E-state index >= 15 is 0 Å². The highest BCUT2D eigenvalue weighted by molar-refractivity contribution is 5.90. The van der Waals surface area contributed by atoms with Crippen LogP contribution in [0.1, 0.15) is 24.8 Å². The molecule has 22 heavy (non-hydrogen) atoms. The fourth-order valence-electron chi connectivity index (χ4n) is 2.88. The predicted octanol–water partition coefficient (Wildman–Crippen LogP) is 0.369. The van der Waals surface area contributed by atoms with Crippen LogP contribution in [0.25, 0.3) is 0 Å². The van der Waals surface area contributed by atoms with Gasteiger partial charge in [-0.05, 0) is 25.3 Å². The SMILES string of the molecule is O=C1NCC(C(=O)NCc2cccnc2N2CCCCC2)N1. The topological polar surface area (TPSA) is 86.4 Å². The summed E-state index contributed by atoms with van der Waals surface area (Å²) < 4.78 is 0. The third kappa shape index (κ3) is 3.29. The highest BCUT2D eigenvalue weighted by atomic mass is 16.2. The Hall–Kier alpha value is -2.31. The highest BCUT2D eigenvalue weighted by Crippen LogP contribution is 2.21. The maximum Gasteiger partial charge on any atom is 0.315 e. The average Bonchev–Trinajstić information content (AvgIpc) is 3.00. The molecule has 1 aromatic heterocycles. The number of pyridine rings is 1. The van der Waals surface area contributed by atoms with Crippen LogP contribution in [0.5, 0.6) is 0 Å². The van der Waals surface area contributed by atoms with Crippen LogP contribution in [0, 0.1) is 0 Å². The number of nitrogens with one attached hydrogen (secondary N) is 3. The Kier molecular flexibility index (Phi) is 4.41. The van der Waals surface area contributed by atoms with E-state index in [2.05, 4.69) is 25.8 Å². The summed E-state index contributed by atoms with van der Waals surface area (Å²) in [5.74, 6) is 0.780. The second-order valence-corrected chi connectivity index (χ2v) is 5.66. The summed E-state index contributed by atoms with van der Waals surface area (Å²) in [6.07, 6.45) is 5.42. The van der Waals surface area contributed by atoms with Crippen LogP contribution in [0.3, 0.4) is 0 Å². The van der Waals surface area contributed by atoms with Gasteiger partial charge in [0.05, 0.1) is 0 Å². The molecule has 1 unspecified atom stereocenters. The van der Waals surface area contributed by atoms with Crippen LogP contribution in [0.4, 0.5) is 10.6 Å². The third-order valence-electron chi connectivity index (χ3n) is 4.06. The number of carbonyl (C=O) groups excluding carboxylic acids is 2. The van der Waals surface area contributed by atoms with Gasteiger partial charge in [-0.1, -0.05) is 6.07 Å². The molecule has 3 N–H and O–H groups in total. The maximum atomic E-state index is 12.1. The van der Waals surface area contributed by atoms with Gasteiger partial charge in [-0.25, -0.2) is 9.78 Å². The van der Waals surface area contributed by atoms with E-state index in [1.165, 1.54) is 19.3 Å². The van der Waals surface area contributed by atoms with Crippen LogP contribution < -0.4 is 20.9 Å². The molecule has 1 atom stereocenters. The molecule has 7 nitrogen and oxygen atoms in total. The highest BCUT2D eigenvalue weighted by Gasteiger charge is 2.26. The van der Waals surface area contributed by atoms with Gasteiger partial charge in [0.2, 0.25) is 5.91 Å². The molecule has 3 amide bonds. The van der Waals surface area contributed by atoms with Gasteiger partial charge in [0, 0.05) is 37.9 Å². The van der Waals surface area contributed by atoms with Crippen LogP contribution in [0.2, 0.25) is 0 Å². The van der Waals surface area contributed by atoms with Gasteiger partial charge >= 0.3 is 6.03 Å². The molecule has 0 saturated carbocycles. The Morgan fingerprint density at radius 2 is 2.18 bits per heavy atom. The fourth-order valence-corrected chi connectivity index (χ4v) is 2.88. The summed E-state index contributed by atoms with van der Waals surface area (Å²) in [5.41, 5.74) is 1.01. The molecule has 118 valence electrons. The van der Waals surface area contributed by atoms with Crippen molar-refractivity contribution in [3.63, 3.8) is 0 Å². The van der Waals surface area contributed by atoms with Gasteiger partial charge in [0.25, 0.3) is 0 Å². The van der Waals surface area contributed by atoms with Gasteiger partial charge in [-0.15, -0.1) is 0 Å². The third-order valence-corrected chi connectivity index (χ3v) is 4.06. The molecule has 2 aliphatic rings. The van der Waals surface area contributed by atoms with Gasteiger partial charge in [0.15, 0.2) is 0 Å². The Balaban J connectivity index is 1.62. The standard InChI is InChI=1S/C15H21N5O2/c21-14(12-10-18-15(22)19-12)17-9-11-5-4-6-16-13(11)20-7-2-1-3-8-20/h4-6,12H,1-3,7-10H2,(H,17,21)(H2,18,19,22). The quantitative estimate of drug-likeness (QED) is 0.750. The van der Waals surface area contributed by atoms with E-state index in [0.717, 1.165) is 24.5 Å². The number of amides is 3. The first-order valence-electron chi connectivity index (χ1n) is 7.75. The Bertz CT molecular complexity index is 557. The first-order chi connectivity index (χ1) is 10.7. The van der Waals surface area contributed by atoms with Gasteiger partial charge in [-0.3, -0.25) is 4.79 Å². The molecule has 2 aliphatic heterocycles. The fraction of sp³-hybridized carbons (Fsp3) is 0.533. The lowest BCUT2D eigenvalue weighted by Gasteiger charge is -2.29. The molecule has 0 bridgehead atoms. The van der Waals surface area contributed by atoms with Crippen LogP contribution in [-0.4, -0.2) is 42.6 Å². The minimum absolute atomic E-state index is 0.174. The van der Waals surface area contributed by atoms with Crippen molar-refractivity contribution in [1.29, 1.82) is 0 Å². The molecule has 0 aliphatic carbocycles. The summed E-state index contributed by atoms with van der Waals surface area (Å²) in [7, 11) is 0. The first-order valence-corrected chi connectivity index (χ1v) is 7.75. The number of hydrogen-bond acceptors (Lipinski definition) is 4. The van der Waals surface area contributed by atoms with Gasteiger partial charge < -0.3 is 20.9 Å². The maximum absolute atomic E-state index is 12.1. The summed E-state index contributed by atoms with van der Waals surface area (Å²) in [6.45, 7) is 2.78. The van der Waals surface area contributed by atoms with Crippen molar-refractivity contribution in [3.05, 3.63) is 23.9 Å². The molecule has 0 radical (unpaired) electrons. The number of rotatable bonds is 4. The van der Waals surface area contributed by atoms with E-state index in [9.17, 15) is 9.59 Å². The average molecular weight is 303 g/mol. The van der Waals surface area contributed by atoms with Crippen molar-refractivity contribution in [2.45, 2.75) is 31.8 Å². The lowest BCUT2D eigenvalue weighted by atomic mass is 10.1. The summed E-state index contributed by atoms with van der Waals surface area (Å²) >= 11 is 0. The molecule has 1 aromatic rings. The van der Waals surface area contributed by atoms with Crippen LogP contribution in [0.15, 0.2) is 18.3 Å². The number of nitrogens with zero attached hydrogens (tertiary/aromatic N) is 2. The predicted molar refractivity (Wildman–Crippen MR) is 82.5 cm³/mol. The number of anilines is 1. The zero-order valence-electron chi connectivity index (χ0n) is 12.5. The molecule has 3 rings (SSSR count). The molecule has 3 heterocycles. The Labute approximate surface area is 129 Å². The van der Waals surface area contributed by atoms with Crippen molar-refractivity contribution < 1.29 is 9.59 Å². The second kappa shape index (κ2) is 6.64. The summed E-state index contributed by atoms with van der Waals surface area (Å²) in [5, 5.41) is 8.04. The van der Waals surface area contributed by atoms with Crippen molar-refractivity contribution in [2.24, 2.45) is 0 Å². The largest absolute Gasteiger partial charge is 0.356 e. The zero-order chi connectivity index (χ0) is 15.4. The zero-order valence-corrected chi connectivity index (χ0v) is 12.5.